The van der Waals surface area contributed by atoms with E-state index >= 15 is 0 Å². The van der Waals surface area contributed by atoms with E-state index in [1.807, 2.05) is 0 Å². The third-order valence-electron chi connectivity index (χ3n) is 2.56. The van der Waals surface area contributed by atoms with Crippen molar-refractivity contribution >= 4 is 37.9 Å². The van der Waals surface area contributed by atoms with Gasteiger partial charge in [0.05, 0.1) is 0 Å². The minimum atomic E-state index is 0.361. The predicted molar refractivity (Wildman–Crippen MR) is 77.2 cm³/mol. The van der Waals surface area contributed by atoms with Gasteiger partial charge in [-0.1, -0.05) is 27.7 Å². The van der Waals surface area contributed by atoms with Crippen LogP contribution in [0.5, 0.6) is 0 Å². The smallest absolute Gasteiger partial charge is 0.0146 e. The highest BCUT2D eigenvalue weighted by molar-refractivity contribution is 7.85. The molecule has 0 nitrogen and oxygen atoms in total. The number of thiol groups is 3. The molecule has 0 N–H and O–H groups in total. The lowest BCUT2D eigenvalue weighted by molar-refractivity contribution is 0.345. The highest BCUT2D eigenvalue weighted by Gasteiger charge is 2.27. The van der Waals surface area contributed by atoms with Gasteiger partial charge in [0.2, 0.25) is 0 Å². The van der Waals surface area contributed by atoms with Gasteiger partial charge in [0.25, 0.3) is 0 Å². The summed E-state index contributed by atoms with van der Waals surface area (Å²) in [7, 11) is 0. The number of hydrogen-bond acceptors (Lipinski definition) is 3. The van der Waals surface area contributed by atoms with Crippen molar-refractivity contribution in [3.05, 3.63) is 0 Å². The number of hydrogen-bond donors (Lipinski definition) is 3. The Morgan fingerprint density at radius 2 is 1.43 bits per heavy atom. The van der Waals surface area contributed by atoms with Crippen LogP contribution in [0.3, 0.4) is 0 Å². The molecule has 0 bridgehead atoms. The van der Waals surface area contributed by atoms with Crippen molar-refractivity contribution in [2.45, 2.75) is 44.6 Å². The molecule has 0 saturated heterocycles. The molecule has 0 rings (SSSR count). The Kier molecular flexibility index (Phi) is 7.89. The predicted octanol–water partition coefficient (Wildman–Crippen LogP) is 3.83. The molecule has 3 atom stereocenters. The molecule has 14 heavy (non-hydrogen) atoms. The molecular formula is C11H24S3. The zero-order chi connectivity index (χ0) is 11.3. The van der Waals surface area contributed by atoms with Gasteiger partial charge in [0.1, 0.15) is 0 Å². The van der Waals surface area contributed by atoms with Crippen LogP contribution in [0.15, 0.2) is 0 Å². The van der Waals surface area contributed by atoms with E-state index < -0.39 is 0 Å². The molecule has 0 heterocycles. The maximum Gasteiger partial charge on any atom is 0.0146 e. The third-order valence-corrected chi connectivity index (χ3v) is 4.32. The molecule has 0 spiro atoms. The molecule has 3 heteroatoms. The SMILES string of the molecule is CC(C)CC(S)C(C(C)C)C(S)CS. The first-order valence-corrected chi connectivity index (χ1v) is 7.03. The van der Waals surface area contributed by atoms with E-state index in [1.54, 1.807) is 0 Å². The van der Waals surface area contributed by atoms with Gasteiger partial charge >= 0.3 is 0 Å². The number of rotatable bonds is 6. The molecule has 0 radical (unpaired) electrons. The summed E-state index contributed by atoms with van der Waals surface area (Å²) in [6.07, 6.45) is 1.16. The van der Waals surface area contributed by atoms with Crippen LogP contribution < -0.4 is 0 Å². The Morgan fingerprint density at radius 3 is 1.71 bits per heavy atom. The van der Waals surface area contributed by atoms with Crippen molar-refractivity contribution in [1.29, 1.82) is 0 Å². The van der Waals surface area contributed by atoms with Crippen molar-refractivity contribution in [2.75, 3.05) is 5.75 Å². The Balaban J connectivity index is 4.33. The quantitative estimate of drug-likeness (QED) is 0.588. The van der Waals surface area contributed by atoms with Gasteiger partial charge in [-0.3, -0.25) is 0 Å². The summed E-state index contributed by atoms with van der Waals surface area (Å²) < 4.78 is 0. The second-order valence-electron chi connectivity index (χ2n) is 4.77. The fourth-order valence-electron chi connectivity index (χ4n) is 1.91. The summed E-state index contributed by atoms with van der Waals surface area (Å²) in [5.41, 5.74) is 0. The van der Waals surface area contributed by atoms with Crippen molar-refractivity contribution in [1.82, 2.24) is 0 Å². The van der Waals surface area contributed by atoms with E-state index in [0.29, 0.717) is 28.3 Å². The van der Waals surface area contributed by atoms with Gasteiger partial charge < -0.3 is 0 Å². The largest absolute Gasteiger partial charge is 0.178 e. The molecule has 0 amide bonds. The van der Waals surface area contributed by atoms with Gasteiger partial charge in [0.15, 0.2) is 0 Å². The van der Waals surface area contributed by atoms with E-state index in [1.165, 1.54) is 0 Å². The van der Waals surface area contributed by atoms with Crippen LogP contribution in [-0.2, 0) is 0 Å². The lowest BCUT2D eigenvalue weighted by Crippen LogP contribution is -2.31. The first-order valence-electron chi connectivity index (χ1n) is 5.37. The Morgan fingerprint density at radius 1 is 0.929 bits per heavy atom. The zero-order valence-electron chi connectivity index (χ0n) is 9.64. The fraction of sp³-hybridized carbons (Fsp3) is 1.00. The summed E-state index contributed by atoms with van der Waals surface area (Å²) >= 11 is 13.6. The Bertz CT molecular complexity index is 145. The van der Waals surface area contributed by atoms with Crippen molar-refractivity contribution in [3.8, 4) is 0 Å². The second kappa shape index (κ2) is 7.34. The summed E-state index contributed by atoms with van der Waals surface area (Å²) in [5, 5.41) is 0.809. The normalized spacial score (nSPS) is 18.6. The molecule has 0 fully saturated rings. The minimum Gasteiger partial charge on any atom is -0.178 e. The van der Waals surface area contributed by atoms with E-state index in [9.17, 15) is 0 Å². The Labute approximate surface area is 106 Å². The van der Waals surface area contributed by atoms with Crippen LogP contribution in [0.25, 0.3) is 0 Å². The highest BCUT2D eigenvalue weighted by atomic mass is 32.1. The summed E-state index contributed by atoms with van der Waals surface area (Å²) in [6.45, 7) is 8.99. The molecule has 86 valence electrons. The molecule has 0 aromatic heterocycles. The van der Waals surface area contributed by atoms with Crippen LogP contribution in [-0.4, -0.2) is 16.3 Å². The molecule has 0 aliphatic rings. The van der Waals surface area contributed by atoms with E-state index in [4.69, 9.17) is 12.6 Å². The van der Waals surface area contributed by atoms with Crippen molar-refractivity contribution < 1.29 is 0 Å². The topological polar surface area (TPSA) is 0 Å². The van der Waals surface area contributed by atoms with Gasteiger partial charge in [-0.05, 0) is 24.2 Å². The molecule has 0 saturated carbocycles. The first kappa shape index (κ1) is 15.0. The molecule has 0 aromatic carbocycles. The summed E-state index contributed by atoms with van der Waals surface area (Å²) in [6, 6.07) is 0. The van der Waals surface area contributed by atoms with Crippen LogP contribution in [0, 0.1) is 17.8 Å². The van der Waals surface area contributed by atoms with Crippen LogP contribution >= 0.6 is 37.9 Å². The highest BCUT2D eigenvalue weighted by Crippen LogP contribution is 2.31. The van der Waals surface area contributed by atoms with E-state index in [0.717, 1.165) is 12.2 Å². The summed E-state index contributed by atoms with van der Waals surface area (Å²) in [4.78, 5) is 0. The van der Waals surface area contributed by atoms with Crippen LogP contribution in [0.2, 0.25) is 0 Å². The fourth-order valence-corrected chi connectivity index (χ4v) is 3.81. The molecular weight excluding hydrogens is 228 g/mol. The van der Waals surface area contributed by atoms with E-state index in [2.05, 4.69) is 53.0 Å². The van der Waals surface area contributed by atoms with Gasteiger partial charge in [-0.15, -0.1) is 0 Å². The molecule has 0 aromatic rings. The monoisotopic (exact) mass is 252 g/mol. The zero-order valence-corrected chi connectivity index (χ0v) is 12.3. The van der Waals surface area contributed by atoms with Gasteiger partial charge in [0, 0.05) is 16.3 Å². The van der Waals surface area contributed by atoms with Crippen LogP contribution in [0.4, 0.5) is 0 Å². The average Bonchev–Trinajstić information content (AvgIpc) is 2.01. The second-order valence-corrected chi connectivity index (χ2v) is 6.46. The molecule has 0 aliphatic heterocycles. The molecule has 3 unspecified atom stereocenters. The average molecular weight is 253 g/mol. The minimum absolute atomic E-state index is 0.361. The maximum atomic E-state index is 4.71. The van der Waals surface area contributed by atoms with Crippen molar-refractivity contribution in [3.63, 3.8) is 0 Å². The third kappa shape index (κ3) is 5.22. The lowest BCUT2D eigenvalue weighted by atomic mass is 9.86. The van der Waals surface area contributed by atoms with Gasteiger partial charge in [-0.25, -0.2) is 0 Å². The lowest BCUT2D eigenvalue weighted by Gasteiger charge is -2.31. The van der Waals surface area contributed by atoms with Crippen molar-refractivity contribution in [2.24, 2.45) is 17.8 Å². The first-order chi connectivity index (χ1) is 6.40. The van der Waals surface area contributed by atoms with Gasteiger partial charge in [-0.2, -0.15) is 37.9 Å². The van der Waals surface area contributed by atoms with Crippen LogP contribution in [0.1, 0.15) is 34.1 Å². The summed E-state index contributed by atoms with van der Waals surface area (Å²) in [5.74, 6) is 2.73. The maximum absolute atomic E-state index is 4.71. The standard InChI is InChI=1S/C11H24S3/c1-7(2)5-9(13)11(8(3)4)10(14)6-12/h7-14H,5-6H2,1-4H3. The molecule has 0 aliphatic carbocycles. The van der Waals surface area contributed by atoms with E-state index in [-0.39, 0.29) is 0 Å². The Hall–Kier alpha value is 1.05.